The molecule has 0 radical (unpaired) electrons. The van der Waals surface area contributed by atoms with Gasteiger partial charge in [-0.25, -0.2) is 9.97 Å². The zero-order valence-electron chi connectivity index (χ0n) is 9.71. The van der Waals surface area contributed by atoms with Gasteiger partial charge in [-0.3, -0.25) is 4.90 Å². The predicted molar refractivity (Wildman–Crippen MR) is 67.4 cm³/mol. The third-order valence-electron chi connectivity index (χ3n) is 3.17. The Hall–Kier alpha value is -1.74. The predicted octanol–water partition coefficient (Wildman–Crippen LogP) is 2.35. The molecule has 1 fully saturated rings. The van der Waals surface area contributed by atoms with Crippen LogP contribution < -0.4 is 0 Å². The molecular formula is C14H15N3. The molecule has 1 aromatic heterocycles. The van der Waals surface area contributed by atoms with Crippen molar-refractivity contribution in [1.82, 2.24) is 14.9 Å². The number of rotatable bonds is 3. The number of nitrogens with zero attached hydrogens (tertiary/aromatic N) is 3. The van der Waals surface area contributed by atoms with E-state index in [4.69, 9.17) is 0 Å². The first-order chi connectivity index (χ1) is 8.43. The summed E-state index contributed by atoms with van der Waals surface area (Å²) in [6, 6.07) is 10.3. The van der Waals surface area contributed by atoms with E-state index in [-0.39, 0.29) is 0 Å². The molecule has 0 spiro atoms. The molecule has 1 aliphatic rings. The Balaban J connectivity index is 1.92. The van der Waals surface area contributed by atoms with Gasteiger partial charge in [-0.15, -0.1) is 0 Å². The largest absolute Gasteiger partial charge is 0.299 e. The maximum Gasteiger partial charge on any atom is 0.159 e. The lowest BCUT2D eigenvalue weighted by atomic mass is 10.0. The average Bonchev–Trinajstić information content (AvgIpc) is 2.35. The average molecular weight is 225 g/mol. The second-order valence-corrected chi connectivity index (χ2v) is 4.36. The zero-order chi connectivity index (χ0) is 11.5. The van der Waals surface area contributed by atoms with Crippen LogP contribution in [-0.2, 0) is 6.54 Å². The summed E-state index contributed by atoms with van der Waals surface area (Å²) in [6.45, 7) is 3.43. The van der Waals surface area contributed by atoms with E-state index in [1.165, 1.54) is 25.1 Å². The molecule has 1 saturated heterocycles. The number of hydrogen-bond donors (Lipinski definition) is 0. The fourth-order valence-corrected chi connectivity index (χ4v) is 2.10. The Morgan fingerprint density at radius 3 is 2.47 bits per heavy atom. The Morgan fingerprint density at radius 1 is 1.00 bits per heavy atom. The van der Waals surface area contributed by atoms with Crippen molar-refractivity contribution >= 4 is 0 Å². The fourth-order valence-electron chi connectivity index (χ4n) is 2.10. The van der Waals surface area contributed by atoms with Gasteiger partial charge in [0.15, 0.2) is 5.82 Å². The van der Waals surface area contributed by atoms with Crippen molar-refractivity contribution in [3.05, 3.63) is 48.3 Å². The molecule has 0 bridgehead atoms. The highest BCUT2D eigenvalue weighted by Gasteiger charge is 2.16. The summed E-state index contributed by atoms with van der Waals surface area (Å²) in [6.07, 6.45) is 4.91. The topological polar surface area (TPSA) is 29.0 Å². The van der Waals surface area contributed by atoms with Crippen LogP contribution in [0.1, 0.15) is 12.0 Å². The lowest BCUT2D eigenvalue weighted by Gasteiger charge is -2.31. The van der Waals surface area contributed by atoms with Gasteiger partial charge in [0.1, 0.15) is 0 Å². The highest BCUT2D eigenvalue weighted by atomic mass is 15.2. The quantitative estimate of drug-likeness (QED) is 0.803. The summed E-state index contributed by atoms with van der Waals surface area (Å²) >= 11 is 0. The Labute approximate surface area is 101 Å². The van der Waals surface area contributed by atoms with Gasteiger partial charge in [0.05, 0.1) is 0 Å². The van der Waals surface area contributed by atoms with E-state index in [2.05, 4.69) is 33.1 Å². The maximum absolute atomic E-state index is 4.33. The molecule has 86 valence electrons. The van der Waals surface area contributed by atoms with Crippen LogP contribution in [0.3, 0.4) is 0 Å². The van der Waals surface area contributed by atoms with Gasteiger partial charge in [-0.2, -0.15) is 0 Å². The number of likely N-dealkylation sites (tertiary alicyclic amines) is 1. The van der Waals surface area contributed by atoms with Gasteiger partial charge in [0, 0.05) is 24.5 Å². The highest BCUT2D eigenvalue weighted by molar-refractivity contribution is 5.59. The summed E-state index contributed by atoms with van der Waals surface area (Å²) in [5, 5.41) is 0. The molecule has 0 unspecified atom stereocenters. The van der Waals surface area contributed by atoms with Crippen LogP contribution in [0, 0.1) is 0 Å². The van der Waals surface area contributed by atoms with Crippen LogP contribution in [-0.4, -0.2) is 28.0 Å². The summed E-state index contributed by atoms with van der Waals surface area (Å²) in [7, 11) is 0. The van der Waals surface area contributed by atoms with Crippen molar-refractivity contribution < 1.29 is 0 Å². The van der Waals surface area contributed by atoms with Crippen molar-refractivity contribution in [1.29, 1.82) is 0 Å². The molecule has 1 aromatic carbocycles. The molecule has 0 amide bonds. The molecule has 0 N–H and O–H groups in total. The van der Waals surface area contributed by atoms with Crippen LogP contribution in [0.2, 0.25) is 0 Å². The van der Waals surface area contributed by atoms with Crippen LogP contribution in [0.4, 0.5) is 0 Å². The molecule has 17 heavy (non-hydrogen) atoms. The van der Waals surface area contributed by atoms with Gasteiger partial charge < -0.3 is 0 Å². The second kappa shape index (κ2) is 4.63. The van der Waals surface area contributed by atoms with Gasteiger partial charge in [0.2, 0.25) is 0 Å². The first-order valence-corrected chi connectivity index (χ1v) is 6.01. The summed E-state index contributed by atoms with van der Waals surface area (Å²) in [4.78, 5) is 11.1. The van der Waals surface area contributed by atoms with Crippen LogP contribution >= 0.6 is 0 Å². The summed E-state index contributed by atoms with van der Waals surface area (Å²) < 4.78 is 0. The Kier molecular flexibility index (Phi) is 2.84. The van der Waals surface area contributed by atoms with Crippen molar-refractivity contribution in [2.24, 2.45) is 0 Å². The standard InChI is InChI=1S/C14H15N3/c1-2-6-13(14-15-7-3-8-16-14)12(5-1)11-17-9-4-10-17/h1-3,5-8H,4,9-11H2. The summed E-state index contributed by atoms with van der Waals surface area (Å²) in [5.74, 6) is 0.823. The van der Waals surface area contributed by atoms with Crippen molar-refractivity contribution in [2.75, 3.05) is 13.1 Å². The molecule has 0 atom stereocenters. The van der Waals surface area contributed by atoms with Crippen LogP contribution in [0.5, 0.6) is 0 Å². The molecule has 2 heterocycles. The minimum atomic E-state index is 0.823. The molecule has 2 aromatic rings. The highest BCUT2D eigenvalue weighted by Crippen LogP contribution is 2.22. The molecule has 1 aliphatic heterocycles. The normalized spacial score (nSPS) is 15.5. The Morgan fingerprint density at radius 2 is 1.76 bits per heavy atom. The van der Waals surface area contributed by atoms with E-state index in [9.17, 15) is 0 Å². The number of hydrogen-bond acceptors (Lipinski definition) is 3. The van der Waals surface area contributed by atoms with Gasteiger partial charge in [-0.1, -0.05) is 24.3 Å². The molecule has 3 heteroatoms. The van der Waals surface area contributed by atoms with Crippen molar-refractivity contribution in [3.63, 3.8) is 0 Å². The lowest BCUT2D eigenvalue weighted by Crippen LogP contribution is -2.36. The van der Waals surface area contributed by atoms with Gasteiger partial charge in [-0.05, 0) is 31.1 Å². The third kappa shape index (κ3) is 2.19. The van der Waals surface area contributed by atoms with E-state index < -0.39 is 0 Å². The van der Waals surface area contributed by atoms with Gasteiger partial charge in [0.25, 0.3) is 0 Å². The first-order valence-electron chi connectivity index (χ1n) is 6.01. The van der Waals surface area contributed by atoms with Gasteiger partial charge >= 0.3 is 0 Å². The fraction of sp³-hybridized carbons (Fsp3) is 0.286. The number of benzene rings is 1. The van der Waals surface area contributed by atoms with E-state index in [1.54, 1.807) is 12.4 Å². The summed E-state index contributed by atoms with van der Waals surface area (Å²) in [5.41, 5.74) is 2.47. The molecule has 3 rings (SSSR count). The third-order valence-corrected chi connectivity index (χ3v) is 3.17. The van der Waals surface area contributed by atoms with Crippen molar-refractivity contribution in [3.8, 4) is 11.4 Å². The van der Waals surface area contributed by atoms with E-state index >= 15 is 0 Å². The van der Waals surface area contributed by atoms with Crippen LogP contribution in [0.25, 0.3) is 11.4 Å². The monoisotopic (exact) mass is 225 g/mol. The zero-order valence-corrected chi connectivity index (χ0v) is 9.71. The maximum atomic E-state index is 4.33. The van der Waals surface area contributed by atoms with E-state index in [0.29, 0.717) is 0 Å². The molecule has 0 aliphatic carbocycles. The first kappa shape index (κ1) is 10.4. The Bertz CT molecular complexity index is 492. The minimum absolute atomic E-state index is 0.823. The number of aromatic nitrogens is 2. The van der Waals surface area contributed by atoms with Crippen molar-refractivity contribution in [2.45, 2.75) is 13.0 Å². The van der Waals surface area contributed by atoms with E-state index in [0.717, 1.165) is 17.9 Å². The smallest absolute Gasteiger partial charge is 0.159 e. The van der Waals surface area contributed by atoms with Crippen LogP contribution in [0.15, 0.2) is 42.7 Å². The SMILES string of the molecule is c1cnc(-c2ccccc2CN2CCC2)nc1. The van der Waals surface area contributed by atoms with E-state index in [1.807, 2.05) is 12.1 Å². The molecule has 0 saturated carbocycles. The molecule has 3 nitrogen and oxygen atoms in total. The molecular weight excluding hydrogens is 210 g/mol. The lowest BCUT2D eigenvalue weighted by molar-refractivity contribution is 0.173. The minimum Gasteiger partial charge on any atom is -0.299 e. The second-order valence-electron chi connectivity index (χ2n) is 4.36.